The summed E-state index contributed by atoms with van der Waals surface area (Å²) in [5.74, 6) is 0.0735. The van der Waals surface area contributed by atoms with Gasteiger partial charge in [0, 0.05) is 30.9 Å². The molecule has 1 aromatic rings. The molecule has 0 unspecified atom stereocenters. The fourth-order valence-corrected chi connectivity index (χ4v) is 2.63. The number of hydrogen-bond donors (Lipinski definition) is 2. The lowest BCUT2D eigenvalue weighted by Crippen LogP contribution is -2.31. The van der Waals surface area contributed by atoms with Crippen LogP contribution >= 0.6 is 0 Å². The molecule has 2 N–H and O–H groups in total. The van der Waals surface area contributed by atoms with Gasteiger partial charge in [-0.15, -0.1) is 0 Å². The van der Waals surface area contributed by atoms with E-state index in [0.29, 0.717) is 12.1 Å². The lowest BCUT2D eigenvalue weighted by molar-refractivity contribution is -0.119. The molecule has 0 aromatic heterocycles. The van der Waals surface area contributed by atoms with Crippen LogP contribution in [0.25, 0.3) is 0 Å². The zero-order valence-electron chi connectivity index (χ0n) is 13.2. The second kappa shape index (κ2) is 8.41. The van der Waals surface area contributed by atoms with Gasteiger partial charge in [-0.05, 0) is 44.0 Å². The van der Waals surface area contributed by atoms with E-state index in [-0.39, 0.29) is 18.4 Å². The van der Waals surface area contributed by atoms with Crippen molar-refractivity contribution in [3.05, 3.63) is 29.8 Å². The second-order valence-electron chi connectivity index (χ2n) is 5.59. The molecular weight excluding hydrogens is 278 g/mol. The minimum atomic E-state index is -0.0350. The van der Waals surface area contributed by atoms with E-state index < -0.39 is 0 Å². The van der Waals surface area contributed by atoms with Gasteiger partial charge in [0.05, 0.1) is 6.54 Å². The Morgan fingerprint density at radius 1 is 1.05 bits per heavy atom. The number of nitrogens with one attached hydrogen (secondary N) is 2. The number of carbonyl (C=O) groups excluding carboxylic acids is 2. The number of benzene rings is 1. The number of carbonyl (C=O) groups is 2. The topological polar surface area (TPSA) is 61.4 Å². The minimum absolute atomic E-state index is 0.0350. The SMILES string of the molecule is CCNC(=O)CNc1ccc(C(=O)N2CCCCCC2)cc1. The van der Waals surface area contributed by atoms with E-state index in [1.807, 2.05) is 36.1 Å². The normalized spacial score (nSPS) is 15.0. The van der Waals surface area contributed by atoms with Crippen LogP contribution in [0.1, 0.15) is 43.0 Å². The van der Waals surface area contributed by atoms with Crippen LogP contribution in [0.5, 0.6) is 0 Å². The summed E-state index contributed by atoms with van der Waals surface area (Å²) in [6, 6.07) is 7.36. The van der Waals surface area contributed by atoms with Gasteiger partial charge in [-0.3, -0.25) is 9.59 Å². The van der Waals surface area contributed by atoms with Gasteiger partial charge in [-0.1, -0.05) is 12.8 Å². The molecule has 0 spiro atoms. The van der Waals surface area contributed by atoms with E-state index >= 15 is 0 Å². The zero-order valence-corrected chi connectivity index (χ0v) is 13.2. The molecule has 1 aliphatic rings. The molecule has 0 aliphatic carbocycles. The lowest BCUT2D eigenvalue weighted by atomic mass is 10.1. The predicted molar refractivity (Wildman–Crippen MR) is 88.0 cm³/mol. The molecule has 1 fully saturated rings. The van der Waals surface area contributed by atoms with Crippen molar-refractivity contribution in [1.29, 1.82) is 0 Å². The Hall–Kier alpha value is -2.04. The average molecular weight is 303 g/mol. The summed E-state index contributed by atoms with van der Waals surface area (Å²) in [6.45, 7) is 4.48. The maximum absolute atomic E-state index is 12.5. The fraction of sp³-hybridized carbons (Fsp3) is 0.529. The van der Waals surface area contributed by atoms with Crippen LogP contribution in [0.3, 0.4) is 0 Å². The van der Waals surface area contributed by atoms with Crippen molar-refractivity contribution in [2.24, 2.45) is 0 Å². The monoisotopic (exact) mass is 303 g/mol. The van der Waals surface area contributed by atoms with Crippen molar-refractivity contribution in [1.82, 2.24) is 10.2 Å². The van der Waals surface area contributed by atoms with Gasteiger partial charge < -0.3 is 15.5 Å². The molecule has 1 aromatic carbocycles. The molecule has 1 saturated heterocycles. The van der Waals surface area contributed by atoms with Crippen LogP contribution in [0.4, 0.5) is 5.69 Å². The van der Waals surface area contributed by atoms with E-state index in [1.54, 1.807) is 0 Å². The molecule has 0 bridgehead atoms. The zero-order chi connectivity index (χ0) is 15.8. The highest BCUT2D eigenvalue weighted by molar-refractivity contribution is 5.94. The second-order valence-corrected chi connectivity index (χ2v) is 5.59. The first-order chi connectivity index (χ1) is 10.7. The minimum Gasteiger partial charge on any atom is -0.376 e. The first-order valence-electron chi connectivity index (χ1n) is 8.10. The van der Waals surface area contributed by atoms with Gasteiger partial charge in [0.1, 0.15) is 0 Å². The van der Waals surface area contributed by atoms with Crippen LogP contribution in [0, 0.1) is 0 Å². The Kier molecular flexibility index (Phi) is 6.25. The van der Waals surface area contributed by atoms with Crippen LogP contribution in [-0.2, 0) is 4.79 Å². The lowest BCUT2D eigenvalue weighted by Gasteiger charge is -2.20. The summed E-state index contributed by atoms with van der Waals surface area (Å²) >= 11 is 0. The molecule has 22 heavy (non-hydrogen) atoms. The summed E-state index contributed by atoms with van der Waals surface area (Å²) < 4.78 is 0. The van der Waals surface area contributed by atoms with E-state index in [9.17, 15) is 9.59 Å². The third-order valence-electron chi connectivity index (χ3n) is 3.85. The molecule has 5 heteroatoms. The summed E-state index contributed by atoms with van der Waals surface area (Å²) in [6.07, 6.45) is 4.62. The maximum Gasteiger partial charge on any atom is 0.253 e. The summed E-state index contributed by atoms with van der Waals surface area (Å²) in [7, 11) is 0. The highest BCUT2D eigenvalue weighted by atomic mass is 16.2. The molecule has 0 saturated carbocycles. The van der Waals surface area contributed by atoms with Crippen molar-refractivity contribution in [3.63, 3.8) is 0 Å². The van der Waals surface area contributed by atoms with Crippen LogP contribution in [0.15, 0.2) is 24.3 Å². The number of amides is 2. The molecule has 1 heterocycles. The van der Waals surface area contributed by atoms with Crippen molar-refractivity contribution in [2.45, 2.75) is 32.6 Å². The number of rotatable bonds is 5. The van der Waals surface area contributed by atoms with Gasteiger partial charge in [-0.25, -0.2) is 0 Å². The number of nitrogens with zero attached hydrogens (tertiary/aromatic N) is 1. The molecule has 0 radical (unpaired) electrons. The molecule has 2 rings (SSSR count). The Balaban J connectivity index is 1.90. The number of hydrogen-bond acceptors (Lipinski definition) is 3. The highest BCUT2D eigenvalue weighted by Crippen LogP contribution is 2.15. The Bertz CT molecular complexity index is 491. The largest absolute Gasteiger partial charge is 0.376 e. The third kappa shape index (κ3) is 4.76. The fourth-order valence-electron chi connectivity index (χ4n) is 2.63. The number of likely N-dealkylation sites (tertiary alicyclic amines) is 1. The van der Waals surface area contributed by atoms with E-state index in [0.717, 1.165) is 31.6 Å². The van der Waals surface area contributed by atoms with Gasteiger partial charge in [0.25, 0.3) is 5.91 Å². The molecule has 0 atom stereocenters. The van der Waals surface area contributed by atoms with Crippen molar-refractivity contribution < 1.29 is 9.59 Å². The van der Waals surface area contributed by atoms with Crippen LogP contribution in [0.2, 0.25) is 0 Å². The van der Waals surface area contributed by atoms with Crippen LogP contribution < -0.4 is 10.6 Å². The van der Waals surface area contributed by atoms with Gasteiger partial charge in [-0.2, -0.15) is 0 Å². The molecular formula is C17H25N3O2. The quantitative estimate of drug-likeness (QED) is 0.877. The Labute approximate surface area is 132 Å². The van der Waals surface area contributed by atoms with Crippen molar-refractivity contribution in [2.75, 3.05) is 31.5 Å². The van der Waals surface area contributed by atoms with E-state index in [1.165, 1.54) is 12.8 Å². The first kappa shape index (κ1) is 16.3. The standard InChI is InChI=1S/C17H25N3O2/c1-2-18-16(21)13-19-15-9-7-14(8-10-15)17(22)20-11-5-3-4-6-12-20/h7-10,19H,2-6,11-13H2,1H3,(H,18,21). The highest BCUT2D eigenvalue weighted by Gasteiger charge is 2.16. The summed E-state index contributed by atoms with van der Waals surface area (Å²) in [5, 5.41) is 5.78. The van der Waals surface area contributed by atoms with Crippen molar-refractivity contribution >= 4 is 17.5 Å². The van der Waals surface area contributed by atoms with Gasteiger partial charge in [0.2, 0.25) is 5.91 Å². The van der Waals surface area contributed by atoms with E-state index in [2.05, 4.69) is 10.6 Å². The van der Waals surface area contributed by atoms with Gasteiger partial charge >= 0.3 is 0 Å². The summed E-state index contributed by atoms with van der Waals surface area (Å²) in [4.78, 5) is 25.8. The number of anilines is 1. The smallest absolute Gasteiger partial charge is 0.253 e. The van der Waals surface area contributed by atoms with E-state index in [4.69, 9.17) is 0 Å². The molecule has 5 nitrogen and oxygen atoms in total. The molecule has 120 valence electrons. The maximum atomic E-state index is 12.5. The predicted octanol–water partition coefficient (Wildman–Crippen LogP) is 2.25. The first-order valence-corrected chi connectivity index (χ1v) is 8.10. The Morgan fingerprint density at radius 2 is 1.68 bits per heavy atom. The molecule has 1 aliphatic heterocycles. The summed E-state index contributed by atoms with van der Waals surface area (Å²) in [5.41, 5.74) is 1.56. The van der Waals surface area contributed by atoms with Crippen LogP contribution in [-0.4, -0.2) is 42.9 Å². The average Bonchev–Trinajstić information content (AvgIpc) is 2.82. The number of likely N-dealkylation sites (N-methyl/N-ethyl adjacent to an activating group) is 1. The van der Waals surface area contributed by atoms with Gasteiger partial charge in [0.15, 0.2) is 0 Å². The van der Waals surface area contributed by atoms with Crippen molar-refractivity contribution in [3.8, 4) is 0 Å². The molecule has 2 amide bonds. The Morgan fingerprint density at radius 3 is 2.27 bits per heavy atom. The third-order valence-corrected chi connectivity index (χ3v) is 3.85.